The van der Waals surface area contributed by atoms with Crippen molar-refractivity contribution in [2.75, 3.05) is 17.5 Å². The van der Waals surface area contributed by atoms with Gasteiger partial charge in [-0.15, -0.1) is 0 Å². The van der Waals surface area contributed by atoms with Gasteiger partial charge in [0.15, 0.2) is 5.58 Å². The zero-order chi connectivity index (χ0) is 21.1. The number of hydrogen-bond acceptors (Lipinski definition) is 6. The van der Waals surface area contributed by atoms with Gasteiger partial charge in [-0.3, -0.25) is 10.2 Å². The molecule has 0 unspecified atom stereocenters. The Kier molecular flexibility index (Phi) is 5.49. The Morgan fingerprint density at radius 3 is 2.67 bits per heavy atom. The highest BCUT2D eigenvalue weighted by Gasteiger charge is 2.14. The van der Waals surface area contributed by atoms with Crippen LogP contribution in [0.1, 0.15) is 10.4 Å². The Hall–Kier alpha value is -3.65. The number of rotatable bonds is 6. The molecule has 0 saturated carbocycles. The van der Waals surface area contributed by atoms with Crippen LogP contribution in [0.5, 0.6) is 0 Å². The number of halogens is 1. The van der Waals surface area contributed by atoms with Gasteiger partial charge in [-0.1, -0.05) is 22.0 Å². The molecule has 1 amide bonds. The topological polar surface area (TPSA) is 84.7 Å². The first-order valence-corrected chi connectivity index (χ1v) is 9.73. The number of esters is 1. The van der Waals surface area contributed by atoms with Crippen LogP contribution in [-0.2, 0) is 9.53 Å². The van der Waals surface area contributed by atoms with Crippen molar-refractivity contribution in [3.05, 3.63) is 76.8 Å². The van der Waals surface area contributed by atoms with Crippen LogP contribution >= 0.6 is 15.9 Å². The van der Waals surface area contributed by atoms with Crippen LogP contribution in [0.3, 0.4) is 0 Å². The largest absolute Gasteiger partial charge is 0.465 e. The van der Waals surface area contributed by atoms with E-state index in [9.17, 15) is 9.59 Å². The summed E-state index contributed by atoms with van der Waals surface area (Å²) in [5.41, 5.74) is 6.58. The van der Waals surface area contributed by atoms with Crippen molar-refractivity contribution in [3.8, 4) is 11.5 Å². The van der Waals surface area contributed by atoms with Crippen LogP contribution in [-0.4, -0.2) is 24.5 Å². The van der Waals surface area contributed by atoms with Crippen molar-refractivity contribution in [1.29, 1.82) is 0 Å². The van der Waals surface area contributed by atoms with Crippen molar-refractivity contribution in [1.82, 2.24) is 4.98 Å². The number of amides is 1. The van der Waals surface area contributed by atoms with Gasteiger partial charge in [0.25, 0.3) is 0 Å². The van der Waals surface area contributed by atoms with Crippen molar-refractivity contribution < 1.29 is 18.7 Å². The number of aromatic nitrogens is 1. The van der Waals surface area contributed by atoms with E-state index in [1.165, 1.54) is 12.1 Å². The molecule has 0 aliphatic carbocycles. The molecule has 1 aromatic heterocycles. The Balaban J connectivity index is 1.64. The Morgan fingerprint density at radius 1 is 1.13 bits per heavy atom. The minimum Gasteiger partial charge on any atom is -0.465 e. The normalized spacial score (nSPS) is 10.6. The Labute approximate surface area is 180 Å². The lowest BCUT2D eigenvalue weighted by atomic mass is 10.2. The summed E-state index contributed by atoms with van der Waals surface area (Å²) in [5, 5.41) is 1.37. The maximum absolute atomic E-state index is 11.7. The standard InChI is InChI=1S/C22H16BrN3O4/c1-29-22(28)15-5-10-20-19(12-15)24-21(30-20)14-3-2-4-18(11-14)26(13-27)25-17-8-6-16(23)7-9-17/h2-13,25H,1H3. The summed E-state index contributed by atoms with van der Waals surface area (Å²) < 4.78 is 11.5. The van der Waals surface area contributed by atoms with Gasteiger partial charge in [-0.25, -0.2) is 14.8 Å². The smallest absolute Gasteiger partial charge is 0.337 e. The minimum absolute atomic E-state index is 0.378. The number of carbonyl (C=O) groups is 2. The monoisotopic (exact) mass is 465 g/mol. The van der Waals surface area contributed by atoms with E-state index in [0.29, 0.717) is 40.2 Å². The summed E-state index contributed by atoms with van der Waals surface area (Å²) in [6.45, 7) is 0. The molecule has 0 spiro atoms. The van der Waals surface area contributed by atoms with E-state index in [4.69, 9.17) is 9.15 Å². The molecule has 4 rings (SSSR count). The molecule has 0 aliphatic rings. The van der Waals surface area contributed by atoms with E-state index in [-0.39, 0.29) is 0 Å². The number of ether oxygens (including phenoxy) is 1. The Bertz CT molecular complexity index is 1220. The zero-order valence-corrected chi connectivity index (χ0v) is 17.4. The third kappa shape index (κ3) is 4.04. The zero-order valence-electron chi connectivity index (χ0n) is 15.8. The number of benzene rings is 3. The number of nitrogens with zero attached hydrogens (tertiary/aromatic N) is 2. The van der Waals surface area contributed by atoms with Gasteiger partial charge in [-0.2, -0.15) is 0 Å². The number of oxazole rings is 1. The second kappa shape index (κ2) is 8.38. The number of nitrogens with one attached hydrogen (secondary N) is 1. The van der Waals surface area contributed by atoms with Crippen molar-refractivity contribution in [2.24, 2.45) is 0 Å². The molecule has 0 aliphatic heterocycles. The summed E-state index contributed by atoms with van der Waals surface area (Å²) in [4.78, 5) is 27.9. The lowest BCUT2D eigenvalue weighted by Crippen LogP contribution is -2.27. The van der Waals surface area contributed by atoms with Gasteiger partial charge in [0.05, 0.1) is 24.0 Å². The molecule has 1 N–H and O–H groups in total. The lowest BCUT2D eigenvalue weighted by molar-refractivity contribution is -0.107. The van der Waals surface area contributed by atoms with E-state index in [0.717, 1.165) is 10.2 Å². The van der Waals surface area contributed by atoms with E-state index in [1.807, 2.05) is 30.3 Å². The summed E-state index contributed by atoms with van der Waals surface area (Å²) in [7, 11) is 1.33. The number of methoxy groups -OCH3 is 1. The predicted molar refractivity (Wildman–Crippen MR) is 117 cm³/mol. The number of hydrazine groups is 1. The molecule has 150 valence electrons. The molecule has 4 aromatic rings. The van der Waals surface area contributed by atoms with E-state index in [1.54, 1.807) is 36.4 Å². The minimum atomic E-state index is -0.441. The predicted octanol–water partition coefficient (Wildman–Crippen LogP) is 5.03. The first-order chi connectivity index (χ1) is 14.6. The summed E-state index contributed by atoms with van der Waals surface area (Å²) in [6, 6.07) is 19.6. The quantitative estimate of drug-likeness (QED) is 0.244. The van der Waals surface area contributed by atoms with Gasteiger partial charge >= 0.3 is 5.97 Å². The maximum atomic E-state index is 11.7. The van der Waals surface area contributed by atoms with Gasteiger partial charge in [0, 0.05) is 10.0 Å². The lowest BCUT2D eigenvalue weighted by Gasteiger charge is -2.20. The number of hydrogen-bond donors (Lipinski definition) is 1. The third-order valence-electron chi connectivity index (χ3n) is 4.38. The number of anilines is 2. The number of fused-ring (bicyclic) bond motifs is 1. The molecule has 30 heavy (non-hydrogen) atoms. The average Bonchev–Trinajstić information content (AvgIpc) is 3.21. The molecule has 7 nitrogen and oxygen atoms in total. The van der Waals surface area contributed by atoms with Crippen LogP contribution in [0.25, 0.3) is 22.6 Å². The average molecular weight is 466 g/mol. The highest BCUT2D eigenvalue weighted by Crippen LogP contribution is 2.28. The van der Waals surface area contributed by atoms with Crippen molar-refractivity contribution in [3.63, 3.8) is 0 Å². The van der Waals surface area contributed by atoms with Gasteiger partial charge < -0.3 is 9.15 Å². The molecular weight excluding hydrogens is 450 g/mol. The van der Waals surface area contributed by atoms with Crippen LogP contribution in [0, 0.1) is 0 Å². The molecule has 0 fully saturated rings. The highest BCUT2D eigenvalue weighted by atomic mass is 79.9. The van der Waals surface area contributed by atoms with E-state index < -0.39 is 5.97 Å². The van der Waals surface area contributed by atoms with Gasteiger partial charge in [-0.05, 0) is 60.7 Å². The van der Waals surface area contributed by atoms with Crippen molar-refractivity contribution in [2.45, 2.75) is 0 Å². The van der Waals surface area contributed by atoms with Crippen molar-refractivity contribution >= 4 is 50.8 Å². The van der Waals surface area contributed by atoms with E-state index >= 15 is 0 Å². The molecule has 0 radical (unpaired) electrons. The van der Waals surface area contributed by atoms with Crippen LogP contribution < -0.4 is 10.4 Å². The SMILES string of the molecule is COC(=O)c1ccc2oc(-c3cccc(N(C=O)Nc4ccc(Br)cc4)c3)nc2c1. The third-order valence-corrected chi connectivity index (χ3v) is 4.91. The fourth-order valence-corrected chi connectivity index (χ4v) is 3.16. The van der Waals surface area contributed by atoms with Crippen LogP contribution in [0.15, 0.2) is 75.6 Å². The van der Waals surface area contributed by atoms with Gasteiger partial charge in [0.2, 0.25) is 12.3 Å². The molecule has 1 heterocycles. The molecule has 3 aromatic carbocycles. The highest BCUT2D eigenvalue weighted by molar-refractivity contribution is 9.10. The summed E-state index contributed by atoms with van der Waals surface area (Å²) in [6.07, 6.45) is 0.690. The summed E-state index contributed by atoms with van der Waals surface area (Å²) in [5.74, 6) is -0.0626. The molecular formula is C22H16BrN3O4. The number of carbonyl (C=O) groups excluding carboxylic acids is 2. The molecule has 0 saturated heterocycles. The molecule has 8 heteroatoms. The van der Waals surface area contributed by atoms with Crippen LogP contribution in [0.4, 0.5) is 11.4 Å². The van der Waals surface area contributed by atoms with Crippen LogP contribution in [0.2, 0.25) is 0 Å². The van der Waals surface area contributed by atoms with E-state index in [2.05, 4.69) is 26.3 Å². The second-order valence-electron chi connectivity index (χ2n) is 6.34. The van der Waals surface area contributed by atoms with Gasteiger partial charge in [0.1, 0.15) is 5.52 Å². The Morgan fingerprint density at radius 2 is 1.93 bits per heavy atom. The first kappa shape index (κ1) is 19.7. The molecule has 0 atom stereocenters. The summed E-state index contributed by atoms with van der Waals surface area (Å²) >= 11 is 3.39. The second-order valence-corrected chi connectivity index (χ2v) is 7.25. The molecule has 0 bridgehead atoms. The fraction of sp³-hybridized carbons (Fsp3) is 0.0455. The fourth-order valence-electron chi connectivity index (χ4n) is 2.90. The maximum Gasteiger partial charge on any atom is 0.337 e. The first-order valence-electron chi connectivity index (χ1n) is 8.93.